The Kier molecular flexibility index (Phi) is 3.63. The highest BCUT2D eigenvalue weighted by Crippen LogP contribution is 2.33. The fraction of sp³-hybridized carbons (Fsp3) is 0.400. The number of hydrogen-bond acceptors (Lipinski definition) is 1. The lowest BCUT2D eigenvalue weighted by Gasteiger charge is -2.16. The Morgan fingerprint density at radius 1 is 1.10 bits per heavy atom. The van der Waals surface area contributed by atoms with E-state index in [1.807, 2.05) is 49.7 Å². The van der Waals surface area contributed by atoms with Gasteiger partial charge in [-0.2, -0.15) is 17.7 Å². The third-order valence-electron chi connectivity index (χ3n) is 3.31. The maximum Gasteiger partial charge on any atom is 0.416 e. The van der Waals surface area contributed by atoms with Gasteiger partial charge in [-0.05, 0) is 26.0 Å². The molecule has 0 spiro atoms. The van der Waals surface area contributed by atoms with Gasteiger partial charge in [-0.3, -0.25) is 0 Å². The zero-order valence-electron chi connectivity index (χ0n) is 12.0. The maximum atomic E-state index is 12.9. The van der Waals surface area contributed by atoms with Gasteiger partial charge in [-0.15, -0.1) is 0 Å². The lowest BCUT2D eigenvalue weighted by Crippen LogP contribution is -2.37. The first-order chi connectivity index (χ1) is 9.21. The van der Waals surface area contributed by atoms with E-state index in [1.54, 1.807) is 6.07 Å². The van der Waals surface area contributed by atoms with Gasteiger partial charge in [0.15, 0.2) is 12.2 Å². The largest absolute Gasteiger partial charge is 0.416 e. The molecule has 0 bridgehead atoms. The minimum atomic E-state index is -4.32. The molecule has 0 aliphatic rings. The lowest BCUT2D eigenvalue weighted by atomic mass is 10.1. The number of aromatic nitrogens is 1. The molecule has 0 saturated carbocycles. The summed E-state index contributed by atoms with van der Waals surface area (Å²) in [6.45, 7) is 3.91. The van der Waals surface area contributed by atoms with Crippen LogP contribution in [0.15, 0.2) is 30.5 Å². The minimum absolute atomic E-state index is 0.0946. The fourth-order valence-corrected chi connectivity index (χ4v) is 2.30. The molecule has 2 rings (SSSR count). The molecule has 1 heterocycles. The molecule has 20 heavy (non-hydrogen) atoms. The van der Waals surface area contributed by atoms with Crippen molar-refractivity contribution in [2.24, 2.45) is 0 Å². The monoisotopic (exact) mass is 283 g/mol. The van der Waals surface area contributed by atoms with Crippen LogP contribution in [0.4, 0.5) is 18.9 Å². The molecule has 0 aliphatic carbocycles. The van der Waals surface area contributed by atoms with Gasteiger partial charge in [0.25, 0.3) is 0 Å². The predicted molar refractivity (Wildman–Crippen MR) is 73.9 cm³/mol. The molecule has 0 radical (unpaired) electrons. The predicted octanol–water partition coefficient (Wildman–Crippen LogP) is 3.79. The third-order valence-corrected chi connectivity index (χ3v) is 3.31. The van der Waals surface area contributed by atoms with Crippen LogP contribution in [0.3, 0.4) is 0 Å². The molecule has 0 saturated heterocycles. The van der Waals surface area contributed by atoms with Crippen molar-refractivity contribution in [2.45, 2.75) is 26.1 Å². The Labute approximate surface area is 116 Å². The van der Waals surface area contributed by atoms with Crippen LogP contribution in [-0.2, 0) is 6.18 Å². The SMILES string of the molecule is CC(C)[n+]1ccc(N(C)C)c2ccc(C(F)(F)F)cc21. The summed E-state index contributed by atoms with van der Waals surface area (Å²) in [5.41, 5.74) is 0.891. The Bertz CT molecular complexity index is 631. The van der Waals surface area contributed by atoms with E-state index in [2.05, 4.69) is 0 Å². The molecule has 1 aromatic heterocycles. The van der Waals surface area contributed by atoms with E-state index in [-0.39, 0.29) is 6.04 Å². The lowest BCUT2D eigenvalue weighted by molar-refractivity contribution is -0.691. The summed E-state index contributed by atoms with van der Waals surface area (Å²) < 4.78 is 40.5. The van der Waals surface area contributed by atoms with Crippen molar-refractivity contribution in [3.63, 3.8) is 0 Å². The molecule has 1 aromatic carbocycles. The summed E-state index contributed by atoms with van der Waals surface area (Å²) in [7, 11) is 3.76. The summed E-state index contributed by atoms with van der Waals surface area (Å²) in [4.78, 5) is 1.90. The summed E-state index contributed by atoms with van der Waals surface area (Å²) in [6.07, 6.45) is -2.49. The van der Waals surface area contributed by atoms with Crippen LogP contribution in [0.1, 0.15) is 25.5 Å². The molecular weight excluding hydrogens is 265 g/mol. The average molecular weight is 283 g/mol. The molecule has 2 aromatic rings. The highest BCUT2D eigenvalue weighted by molar-refractivity contribution is 5.89. The highest BCUT2D eigenvalue weighted by Gasteiger charge is 2.32. The summed E-state index contributed by atoms with van der Waals surface area (Å²) in [6, 6.07) is 5.93. The Morgan fingerprint density at radius 3 is 2.25 bits per heavy atom. The zero-order valence-corrected chi connectivity index (χ0v) is 12.0. The van der Waals surface area contributed by atoms with Gasteiger partial charge in [-0.1, -0.05) is 0 Å². The van der Waals surface area contributed by atoms with E-state index in [0.29, 0.717) is 5.52 Å². The Morgan fingerprint density at radius 2 is 1.75 bits per heavy atom. The standard InChI is InChI=1S/C15H18F3N2/c1-10(2)20-8-7-13(19(3)4)12-6-5-11(9-14(12)20)15(16,17)18/h5-10H,1-4H3/q+1. The van der Waals surface area contributed by atoms with Gasteiger partial charge < -0.3 is 4.90 Å². The number of fused-ring (bicyclic) bond motifs is 1. The van der Waals surface area contributed by atoms with Crippen LogP contribution in [0.25, 0.3) is 10.9 Å². The van der Waals surface area contributed by atoms with Crippen LogP contribution >= 0.6 is 0 Å². The smallest absolute Gasteiger partial charge is 0.377 e. The van der Waals surface area contributed by atoms with E-state index < -0.39 is 11.7 Å². The van der Waals surface area contributed by atoms with Crippen molar-refractivity contribution in [3.05, 3.63) is 36.0 Å². The van der Waals surface area contributed by atoms with Gasteiger partial charge in [0.1, 0.15) is 0 Å². The molecule has 2 nitrogen and oxygen atoms in total. The second kappa shape index (κ2) is 4.96. The molecule has 108 valence electrons. The van der Waals surface area contributed by atoms with E-state index in [9.17, 15) is 13.2 Å². The first-order valence-electron chi connectivity index (χ1n) is 6.44. The van der Waals surface area contributed by atoms with Gasteiger partial charge in [-0.25, -0.2) is 0 Å². The average Bonchev–Trinajstić information content (AvgIpc) is 2.35. The Balaban J connectivity index is 2.79. The topological polar surface area (TPSA) is 7.12 Å². The van der Waals surface area contributed by atoms with E-state index >= 15 is 0 Å². The van der Waals surface area contributed by atoms with Gasteiger partial charge in [0.05, 0.1) is 16.6 Å². The fourth-order valence-electron chi connectivity index (χ4n) is 2.30. The molecule has 0 aliphatic heterocycles. The van der Waals surface area contributed by atoms with E-state index in [1.165, 1.54) is 6.07 Å². The van der Waals surface area contributed by atoms with Crippen molar-refractivity contribution in [1.82, 2.24) is 0 Å². The number of hydrogen-bond donors (Lipinski definition) is 0. The van der Waals surface area contributed by atoms with Crippen LogP contribution in [0.5, 0.6) is 0 Å². The van der Waals surface area contributed by atoms with Crippen LogP contribution in [-0.4, -0.2) is 14.1 Å². The number of anilines is 1. The molecule has 0 atom stereocenters. The van der Waals surface area contributed by atoms with E-state index in [4.69, 9.17) is 0 Å². The first-order valence-corrected chi connectivity index (χ1v) is 6.44. The maximum absolute atomic E-state index is 12.9. The molecular formula is C15H18F3N2+. The van der Waals surface area contributed by atoms with Crippen molar-refractivity contribution < 1.29 is 17.7 Å². The first kappa shape index (κ1) is 14.6. The van der Waals surface area contributed by atoms with Crippen LogP contribution < -0.4 is 9.47 Å². The molecule has 5 heteroatoms. The number of rotatable bonds is 2. The minimum Gasteiger partial charge on any atom is -0.377 e. The zero-order chi connectivity index (χ0) is 15.1. The van der Waals surface area contributed by atoms with E-state index in [0.717, 1.165) is 17.1 Å². The second-order valence-electron chi connectivity index (χ2n) is 5.33. The van der Waals surface area contributed by atoms with Gasteiger partial charge in [0, 0.05) is 26.2 Å². The Hall–Kier alpha value is -1.78. The van der Waals surface area contributed by atoms with Gasteiger partial charge >= 0.3 is 6.18 Å². The number of halogens is 3. The van der Waals surface area contributed by atoms with Crippen LogP contribution in [0, 0.1) is 0 Å². The third kappa shape index (κ3) is 2.57. The number of nitrogens with zero attached hydrogens (tertiary/aromatic N) is 2. The van der Waals surface area contributed by atoms with Crippen molar-refractivity contribution in [2.75, 3.05) is 19.0 Å². The van der Waals surface area contributed by atoms with Crippen molar-refractivity contribution in [3.8, 4) is 0 Å². The highest BCUT2D eigenvalue weighted by atomic mass is 19.4. The van der Waals surface area contributed by atoms with Crippen molar-refractivity contribution >= 4 is 16.6 Å². The summed E-state index contributed by atoms with van der Waals surface area (Å²) in [5, 5.41) is 0.819. The molecule has 0 unspecified atom stereocenters. The molecule has 0 amide bonds. The summed E-state index contributed by atoms with van der Waals surface area (Å²) >= 11 is 0. The van der Waals surface area contributed by atoms with Crippen LogP contribution in [0.2, 0.25) is 0 Å². The van der Waals surface area contributed by atoms with Crippen molar-refractivity contribution in [1.29, 1.82) is 0 Å². The molecule has 0 fully saturated rings. The quantitative estimate of drug-likeness (QED) is 0.761. The number of pyridine rings is 1. The number of benzene rings is 1. The second-order valence-corrected chi connectivity index (χ2v) is 5.33. The normalized spacial score (nSPS) is 12.2. The van der Waals surface area contributed by atoms with Gasteiger partial charge in [0.2, 0.25) is 5.52 Å². The molecule has 0 N–H and O–H groups in total. The number of alkyl halides is 3. The summed E-state index contributed by atoms with van der Waals surface area (Å²) in [5.74, 6) is 0.